The molecule has 0 N–H and O–H groups in total. The van der Waals surface area contributed by atoms with E-state index >= 15 is 0 Å². The Labute approximate surface area is 133 Å². The molecule has 1 saturated heterocycles. The number of hydrogen-bond donors (Lipinski definition) is 0. The van der Waals surface area contributed by atoms with Crippen LogP contribution in [0.1, 0.15) is 20.3 Å². The lowest BCUT2D eigenvalue weighted by atomic mass is 9.84. The molecule has 7 nitrogen and oxygen atoms in total. The van der Waals surface area contributed by atoms with E-state index in [0.717, 1.165) is 0 Å². The van der Waals surface area contributed by atoms with Crippen LogP contribution in [-0.4, -0.2) is 36.7 Å². The maximum atomic E-state index is 12.5. The van der Waals surface area contributed by atoms with Crippen LogP contribution in [-0.2, 0) is 32.5 Å². The Balaban J connectivity index is 2.23. The van der Waals surface area contributed by atoms with Crippen molar-refractivity contribution in [2.45, 2.75) is 25.5 Å². The number of phosphoric ester groups is 1. The molecule has 0 unspecified atom stereocenters. The molecule has 0 saturated carbocycles. The van der Waals surface area contributed by atoms with E-state index in [0.29, 0.717) is 12.2 Å². The third kappa shape index (κ3) is 3.40. The van der Waals surface area contributed by atoms with E-state index < -0.39 is 36.8 Å². The molecule has 0 spiro atoms. The van der Waals surface area contributed by atoms with Gasteiger partial charge in [-0.15, -0.1) is 0 Å². The first-order chi connectivity index (χ1) is 10.5. The zero-order chi connectivity index (χ0) is 16.3. The normalized spacial score (nSPS) is 28.1. The number of allylic oxidation sites excluding steroid dienone is 1. The molecule has 0 radical (unpaired) electrons. The van der Waals surface area contributed by atoms with E-state index in [-0.39, 0.29) is 13.2 Å². The number of ether oxygens (including phenoxy) is 1. The van der Waals surface area contributed by atoms with Gasteiger partial charge in [-0.3, -0.25) is 18.6 Å². The van der Waals surface area contributed by atoms with Gasteiger partial charge in [0.2, 0.25) is 0 Å². The highest BCUT2D eigenvalue weighted by Gasteiger charge is 2.52. The van der Waals surface area contributed by atoms with Gasteiger partial charge in [0.1, 0.15) is 5.76 Å². The zero-order valence-electron chi connectivity index (χ0n) is 12.6. The SMILES string of the molecule is CCOP(=O)(OCC)OC1=CC[C@@H]2C(=O)OC(=O)[C@@H]2[C@@H]1SC. The first-order valence-electron chi connectivity index (χ1n) is 7.02. The summed E-state index contributed by atoms with van der Waals surface area (Å²) in [4.78, 5) is 23.5. The second kappa shape index (κ2) is 7.17. The van der Waals surface area contributed by atoms with E-state index in [9.17, 15) is 14.2 Å². The molecule has 0 aromatic heterocycles. The number of phosphoric acid groups is 1. The van der Waals surface area contributed by atoms with Crippen LogP contribution in [0.3, 0.4) is 0 Å². The number of thioether (sulfide) groups is 1. The van der Waals surface area contributed by atoms with Gasteiger partial charge in [-0.25, -0.2) is 4.57 Å². The number of fused-ring (bicyclic) bond motifs is 1. The highest BCUT2D eigenvalue weighted by molar-refractivity contribution is 7.99. The van der Waals surface area contributed by atoms with Crippen molar-refractivity contribution in [3.63, 3.8) is 0 Å². The molecule has 1 aliphatic heterocycles. The van der Waals surface area contributed by atoms with Gasteiger partial charge in [0, 0.05) is 0 Å². The highest BCUT2D eigenvalue weighted by Crippen LogP contribution is 2.54. The number of carbonyl (C=O) groups is 2. The van der Waals surface area contributed by atoms with Crippen molar-refractivity contribution >= 4 is 31.5 Å². The van der Waals surface area contributed by atoms with E-state index in [2.05, 4.69) is 0 Å². The number of carbonyl (C=O) groups excluding carboxylic acids is 2. The third-order valence-electron chi connectivity index (χ3n) is 3.43. The summed E-state index contributed by atoms with van der Waals surface area (Å²) in [5.41, 5.74) is 0. The quantitative estimate of drug-likeness (QED) is 0.393. The third-order valence-corrected chi connectivity index (χ3v) is 6.05. The fraction of sp³-hybridized carbons (Fsp3) is 0.692. The van der Waals surface area contributed by atoms with Crippen LogP contribution in [0.4, 0.5) is 0 Å². The minimum absolute atomic E-state index is 0.168. The number of rotatable bonds is 7. The van der Waals surface area contributed by atoms with E-state index in [1.807, 2.05) is 0 Å². The van der Waals surface area contributed by atoms with Gasteiger partial charge in [-0.05, 0) is 32.6 Å². The maximum Gasteiger partial charge on any atom is 0.529 e. The predicted molar refractivity (Wildman–Crippen MR) is 80.0 cm³/mol. The molecule has 0 bridgehead atoms. The van der Waals surface area contributed by atoms with Gasteiger partial charge in [-0.2, -0.15) is 11.8 Å². The van der Waals surface area contributed by atoms with Gasteiger partial charge in [-0.1, -0.05) is 0 Å². The first kappa shape index (κ1) is 17.5. The first-order valence-corrected chi connectivity index (χ1v) is 9.77. The van der Waals surface area contributed by atoms with Crippen LogP contribution in [0.15, 0.2) is 11.8 Å². The Kier molecular flexibility index (Phi) is 5.71. The molecule has 2 aliphatic rings. The van der Waals surface area contributed by atoms with Crippen LogP contribution >= 0.6 is 19.6 Å². The molecule has 0 aromatic rings. The molecule has 1 aliphatic carbocycles. The van der Waals surface area contributed by atoms with Crippen LogP contribution in [0, 0.1) is 11.8 Å². The van der Waals surface area contributed by atoms with Crippen molar-refractivity contribution in [3.8, 4) is 0 Å². The molecule has 2 rings (SSSR count). The summed E-state index contributed by atoms with van der Waals surface area (Å²) in [6.07, 6.45) is 3.75. The molecule has 3 atom stereocenters. The molecule has 124 valence electrons. The van der Waals surface area contributed by atoms with Crippen molar-refractivity contribution in [3.05, 3.63) is 11.8 Å². The summed E-state index contributed by atoms with van der Waals surface area (Å²) in [6, 6.07) is 0. The smallest absolute Gasteiger partial charge is 0.408 e. The standard InChI is InChI=1S/C13H19O7PS/c1-4-17-21(16,18-5-2)20-9-7-6-8-10(11(9)22-3)13(15)19-12(8)14/h7-8,10-11H,4-6H2,1-3H3/t8-,10-,11+/m0/s1. The van der Waals surface area contributed by atoms with Crippen molar-refractivity contribution < 1.29 is 32.5 Å². The van der Waals surface area contributed by atoms with Crippen molar-refractivity contribution in [2.24, 2.45) is 11.8 Å². The lowest BCUT2D eigenvalue weighted by molar-refractivity contribution is -0.153. The minimum atomic E-state index is -3.73. The second-order valence-electron chi connectivity index (χ2n) is 4.74. The Morgan fingerprint density at radius 3 is 2.45 bits per heavy atom. The Hall–Kier alpha value is -0.820. The zero-order valence-corrected chi connectivity index (χ0v) is 14.4. The van der Waals surface area contributed by atoms with Gasteiger partial charge in [0.05, 0.1) is 30.3 Å². The fourth-order valence-electron chi connectivity index (χ4n) is 2.55. The number of hydrogen-bond acceptors (Lipinski definition) is 8. The highest BCUT2D eigenvalue weighted by atomic mass is 32.2. The number of esters is 2. The van der Waals surface area contributed by atoms with Crippen LogP contribution in [0.5, 0.6) is 0 Å². The van der Waals surface area contributed by atoms with Crippen LogP contribution in [0.25, 0.3) is 0 Å². The topological polar surface area (TPSA) is 88.1 Å². The largest absolute Gasteiger partial charge is 0.529 e. The minimum Gasteiger partial charge on any atom is -0.408 e. The average molecular weight is 350 g/mol. The summed E-state index contributed by atoms with van der Waals surface area (Å²) in [5.74, 6) is -1.87. The van der Waals surface area contributed by atoms with Crippen molar-refractivity contribution in [1.82, 2.24) is 0 Å². The maximum absolute atomic E-state index is 12.5. The summed E-state index contributed by atoms with van der Waals surface area (Å²) >= 11 is 1.33. The Morgan fingerprint density at radius 1 is 1.27 bits per heavy atom. The summed E-state index contributed by atoms with van der Waals surface area (Å²) in [6.45, 7) is 3.70. The lowest BCUT2D eigenvalue weighted by Gasteiger charge is -2.30. The molecule has 1 heterocycles. The van der Waals surface area contributed by atoms with Gasteiger partial charge in [0.25, 0.3) is 0 Å². The van der Waals surface area contributed by atoms with Gasteiger partial charge < -0.3 is 9.26 Å². The monoisotopic (exact) mass is 350 g/mol. The van der Waals surface area contributed by atoms with Crippen molar-refractivity contribution in [2.75, 3.05) is 19.5 Å². The lowest BCUT2D eigenvalue weighted by Crippen LogP contribution is -2.33. The van der Waals surface area contributed by atoms with Gasteiger partial charge >= 0.3 is 19.8 Å². The molecule has 1 fully saturated rings. The molecule has 0 aromatic carbocycles. The second-order valence-corrected chi connectivity index (χ2v) is 7.32. The Morgan fingerprint density at radius 2 is 1.91 bits per heavy atom. The van der Waals surface area contributed by atoms with E-state index in [1.54, 1.807) is 26.2 Å². The van der Waals surface area contributed by atoms with Gasteiger partial charge in [0.15, 0.2) is 0 Å². The molecular weight excluding hydrogens is 331 g/mol. The van der Waals surface area contributed by atoms with Crippen LogP contribution < -0.4 is 0 Å². The molecule has 0 amide bonds. The summed E-state index contributed by atoms with van der Waals surface area (Å²) in [5, 5.41) is -0.452. The average Bonchev–Trinajstić information content (AvgIpc) is 2.74. The fourth-order valence-corrected chi connectivity index (χ4v) is 4.86. The molecule has 22 heavy (non-hydrogen) atoms. The summed E-state index contributed by atoms with van der Waals surface area (Å²) < 4.78 is 32.9. The summed E-state index contributed by atoms with van der Waals surface area (Å²) in [7, 11) is -3.73. The Bertz CT molecular complexity index is 522. The molecule has 9 heteroatoms. The van der Waals surface area contributed by atoms with E-state index in [4.69, 9.17) is 18.3 Å². The van der Waals surface area contributed by atoms with E-state index in [1.165, 1.54) is 11.8 Å². The van der Waals surface area contributed by atoms with Crippen molar-refractivity contribution in [1.29, 1.82) is 0 Å². The van der Waals surface area contributed by atoms with Crippen LogP contribution in [0.2, 0.25) is 0 Å². The number of cyclic esters (lactones) is 2. The predicted octanol–water partition coefficient (Wildman–Crippen LogP) is 2.52. The molecular formula is C13H19O7PS.